The fourth-order valence-corrected chi connectivity index (χ4v) is 2.58. The SMILES string of the molecule is CCn1c(CCC(C)CNC(C)C)nc2ccccc21. The molecule has 3 nitrogen and oxygen atoms in total. The van der Waals surface area contributed by atoms with Gasteiger partial charge < -0.3 is 9.88 Å². The lowest BCUT2D eigenvalue weighted by Gasteiger charge is -2.15. The number of aryl methyl sites for hydroxylation is 2. The Morgan fingerprint density at radius 2 is 1.95 bits per heavy atom. The van der Waals surface area contributed by atoms with E-state index >= 15 is 0 Å². The van der Waals surface area contributed by atoms with Gasteiger partial charge in [-0.05, 0) is 37.9 Å². The van der Waals surface area contributed by atoms with Crippen LogP contribution >= 0.6 is 0 Å². The number of aromatic nitrogens is 2. The fourth-order valence-electron chi connectivity index (χ4n) is 2.58. The first-order chi connectivity index (χ1) is 9.61. The summed E-state index contributed by atoms with van der Waals surface area (Å²) < 4.78 is 2.35. The highest BCUT2D eigenvalue weighted by Gasteiger charge is 2.10. The predicted molar refractivity (Wildman–Crippen MR) is 86.0 cm³/mol. The van der Waals surface area contributed by atoms with E-state index in [4.69, 9.17) is 4.98 Å². The Morgan fingerprint density at radius 3 is 2.65 bits per heavy atom. The number of benzene rings is 1. The average molecular weight is 273 g/mol. The minimum atomic E-state index is 0.567. The molecule has 1 heterocycles. The molecule has 1 aromatic carbocycles. The Morgan fingerprint density at radius 1 is 1.20 bits per heavy atom. The monoisotopic (exact) mass is 273 g/mol. The van der Waals surface area contributed by atoms with Gasteiger partial charge in [0, 0.05) is 19.0 Å². The van der Waals surface area contributed by atoms with Gasteiger partial charge >= 0.3 is 0 Å². The van der Waals surface area contributed by atoms with Crippen LogP contribution in [0.1, 0.15) is 39.9 Å². The van der Waals surface area contributed by atoms with Gasteiger partial charge in [-0.3, -0.25) is 0 Å². The van der Waals surface area contributed by atoms with Crippen molar-refractivity contribution in [3.05, 3.63) is 30.1 Å². The molecule has 20 heavy (non-hydrogen) atoms. The lowest BCUT2D eigenvalue weighted by molar-refractivity contribution is 0.447. The van der Waals surface area contributed by atoms with E-state index in [0.29, 0.717) is 12.0 Å². The molecule has 0 saturated carbocycles. The largest absolute Gasteiger partial charge is 0.328 e. The first-order valence-corrected chi connectivity index (χ1v) is 7.79. The number of nitrogens with one attached hydrogen (secondary N) is 1. The van der Waals surface area contributed by atoms with E-state index in [1.165, 1.54) is 17.8 Å². The number of rotatable bonds is 7. The highest BCUT2D eigenvalue weighted by atomic mass is 15.1. The van der Waals surface area contributed by atoms with Crippen LogP contribution in [0.15, 0.2) is 24.3 Å². The summed E-state index contributed by atoms with van der Waals surface area (Å²) in [6, 6.07) is 9.00. The zero-order valence-electron chi connectivity index (χ0n) is 13.2. The summed E-state index contributed by atoms with van der Waals surface area (Å²) in [5, 5.41) is 3.51. The zero-order chi connectivity index (χ0) is 14.5. The Balaban J connectivity index is 2.02. The molecule has 0 saturated heterocycles. The molecule has 3 heteroatoms. The summed E-state index contributed by atoms with van der Waals surface area (Å²) in [5.41, 5.74) is 2.38. The van der Waals surface area contributed by atoms with Crippen molar-refractivity contribution < 1.29 is 0 Å². The van der Waals surface area contributed by atoms with Crippen molar-refractivity contribution in [3.63, 3.8) is 0 Å². The summed E-state index contributed by atoms with van der Waals surface area (Å²) in [5.74, 6) is 1.91. The zero-order valence-corrected chi connectivity index (χ0v) is 13.2. The third-order valence-electron chi connectivity index (χ3n) is 3.79. The molecule has 0 aliphatic rings. The summed E-state index contributed by atoms with van der Waals surface area (Å²) in [6.07, 6.45) is 2.24. The number of para-hydroxylation sites is 2. The van der Waals surface area contributed by atoms with Gasteiger partial charge in [-0.15, -0.1) is 0 Å². The van der Waals surface area contributed by atoms with E-state index < -0.39 is 0 Å². The summed E-state index contributed by atoms with van der Waals surface area (Å²) in [4.78, 5) is 4.79. The van der Waals surface area contributed by atoms with Crippen molar-refractivity contribution in [2.45, 2.75) is 53.1 Å². The van der Waals surface area contributed by atoms with E-state index in [-0.39, 0.29) is 0 Å². The number of imidazole rings is 1. The maximum atomic E-state index is 4.79. The van der Waals surface area contributed by atoms with Gasteiger partial charge in [0.1, 0.15) is 5.82 Å². The molecular weight excluding hydrogens is 246 g/mol. The third-order valence-corrected chi connectivity index (χ3v) is 3.79. The van der Waals surface area contributed by atoms with Crippen LogP contribution in [-0.4, -0.2) is 22.1 Å². The molecule has 1 unspecified atom stereocenters. The van der Waals surface area contributed by atoms with Gasteiger partial charge in [0.05, 0.1) is 11.0 Å². The highest BCUT2D eigenvalue weighted by molar-refractivity contribution is 5.75. The van der Waals surface area contributed by atoms with Crippen LogP contribution < -0.4 is 5.32 Å². The van der Waals surface area contributed by atoms with Gasteiger partial charge in [-0.2, -0.15) is 0 Å². The highest BCUT2D eigenvalue weighted by Crippen LogP contribution is 2.18. The molecule has 0 spiro atoms. The molecule has 0 radical (unpaired) electrons. The Hall–Kier alpha value is -1.35. The normalized spacial score (nSPS) is 13.2. The second-order valence-corrected chi connectivity index (χ2v) is 5.97. The van der Waals surface area contributed by atoms with E-state index in [2.05, 4.69) is 61.8 Å². The van der Waals surface area contributed by atoms with Crippen molar-refractivity contribution in [1.29, 1.82) is 0 Å². The molecule has 0 amide bonds. The lowest BCUT2D eigenvalue weighted by atomic mass is 10.1. The number of fused-ring (bicyclic) bond motifs is 1. The average Bonchev–Trinajstić information content (AvgIpc) is 2.80. The van der Waals surface area contributed by atoms with Crippen LogP contribution in [0.5, 0.6) is 0 Å². The minimum absolute atomic E-state index is 0.567. The lowest BCUT2D eigenvalue weighted by Crippen LogP contribution is -2.28. The molecule has 110 valence electrons. The van der Waals surface area contributed by atoms with Gasteiger partial charge in [-0.25, -0.2) is 4.98 Å². The van der Waals surface area contributed by atoms with Crippen LogP contribution in [0.2, 0.25) is 0 Å². The molecule has 0 aliphatic carbocycles. The number of hydrogen-bond acceptors (Lipinski definition) is 2. The van der Waals surface area contributed by atoms with Crippen LogP contribution in [0, 0.1) is 5.92 Å². The molecule has 2 rings (SSSR count). The summed E-state index contributed by atoms with van der Waals surface area (Å²) in [7, 11) is 0. The van der Waals surface area contributed by atoms with Crippen molar-refractivity contribution in [3.8, 4) is 0 Å². The Bertz CT molecular complexity index is 542. The van der Waals surface area contributed by atoms with Crippen molar-refractivity contribution >= 4 is 11.0 Å². The third kappa shape index (κ3) is 3.60. The molecule has 0 aliphatic heterocycles. The van der Waals surface area contributed by atoms with Gasteiger partial charge in [0.25, 0.3) is 0 Å². The maximum absolute atomic E-state index is 4.79. The van der Waals surface area contributed by atoms with E-state index in [1.807, 2.05) is 0 Å². The molecule has 0 bridgehead atoms. The number of nitrogens with zero attached hydrogens (tertiary/aromatic N) is 2. The molecule has 1 N–H and O–H groups in total. The van der Waals surface area contributed by atoms with Gasteiger partial charge in [0.2, 0.25) is 0 Å². The van der Waals surface area contributed by atoms with Crippen LogP contribution in [0.25, 0.3) is 11.0 Å². The standard InChI is InChI=1S/C17H27N3/c1-5-20-16-9-7-6-8-15(16)19-17(20)11-10-14(4)12-18-13(2)3/h6-9,13-14,18H,5,10-12H2,1-4H3. The second kappa shape index (κ2) is 6.89. The first-order valence-electron chi connectivity index (χ1n) is 7.79. The van der Waals surface area contributed by atoms with E-state index in [9.17, 15) is 0 Å². The first kappa shape index (κ1) is 15.0. The Labute approximate surface area is 122 Å². The fraction of sp³-hybridized carbons (Fsp3) is 0.588. The van der Waals surface area contributed by atoms with Gasteiger partial charge in [-0.1, -0.05) is 32.9 Å². The maximum Gasteiger partial charge on any atom is 0.109 e. The van der Waals surface area contributed by atoms with Crippen molar-refractivity contribution in [2.24, 2.45) is 5.92 Å². The minimum Gasteiger partial charge on any atom is -0.328 e. The predicted octanol–water partition coefficient (Wildman–Crippen LogP) is 3.62. The molecule has 1 atom stereocenters. The molecule has 1 aromatic heterocycles. The molecule has 2 aromatic rings. The van der Waals surface area contributed by atoms with Crippen molar-refractivity contribution in [2.75, 3.05) is 6.54 Å². The van der Waals surface area contributed by atoms with E-state index in [0.717, 1.165) is 25.0 Å². The van der Waals surface area contributed by atoms with Crippen LogP contribution in [-0.2, 0) is 13.0 Å². The number of hydrogen-bond donors (Lipinski definition) is 1. The van der Waals surface area contributed by atoms with Gasteiger partial charge in [0.15, 0.2) is 0 Å². The molecule has 0 fully saturated rings. The van der Waals surface area contributed by atoms with E-state index in [1.54, 1.807) is 0 Å². The Kier molecular flexibility index (Phi) is 5.18. The summed E-state index contributed by atoms with van der Waals surface area (Å²) in [6.45, 7) is 11.0. The second-order valence-electron chi connectivity index (χ2n) is 5.97. The van der Waals surface area contributed by atoms with Crippen LogP contribution in [0.4, 0.5) is 0 Å². The van der Waals surface area contributed by atoms with Crippen molar-refractivity contribution in [1.82, 2.24) is 14.9 Å². The molecular formula is C17H27N3. The smallest absolute Gasteiger partial charge is 0.109 e. The topological polar surface area (TPSA) is 29.9 Å². The quantitative estimate of drug-likeness (QED) is 0.835. The summed E-state index contributed by atoms with van der Waals surface area (Å²) >= 11 is 0. The van der Waals surface area contributed by atoms with Crippen LogP contribution in [0.3, 0.4) is 0 Å².